The highest BCUT2D eigenvalue weighted by Gasteiger charge is 2.17. The molecule has 0 spiro atoms. The van der Waals surface area contributed by atoms with Crippen LogP contribution in [0.4, 0.5) is 0 Å². The Morgan fingerprint density at radius 1 is 0.457 bits per heavy atom. The van der Waals surface area contributed by atoms with Crippen molar-refractivity contribution in [2.24, 2.45) is 0 Å². The van der Waals surface area contributed by atoms with Gasteiger partial charge in [0.05, 0.1) is 26.9 Å². The van der Waals surface area contributed by atoms with Crippen molar-refractivity contribution in [3.8, 4) is 49.8 Å². The number of thiazole rings is 1. The first kappa shape index (κ1) is 26.6. The highest BCUT2D eigenvalue weighted by molar-refractivity contribution is 7.21. The van der Waals surface area contributed by atoms with E-state index in [0.717, 1.165) is 49.7 Å². The Morgan fingerprint density at radius 3 is 1.96 bits per heavy atom. The van der Waals surface area contributed by atoms with E-state index in [4.69, 9.17) is 9.97 Å². The molecule has 9 aromatic rings. The first-order chi connectivity index (χ1) is 22.8. The number of hydrogen-bond acceptors (Lipinski definition) is 3. The van der Waals surface area contributed by atoms with Crippen LogP contribution in [0.15, 0.2) is 164 Å². The predicted octanol–water partition coefficient (Wildman–Crippen LogP) is 11.5. The topological polar surface area (TPSA) is 30.7 Å². The van der Waals surface area contributed by atoms with Crippen LogP contribution in [-0.2, 0) is 0 Å². The highest BCUT2D eigenvalue weighted by atomic mass is 32.1. The summed E-state index contributed by atoms with van der Waals surface area (Å²) in [5.74, 6) is 0. The third-order valence-corrected chi connectivity index (χ3v) is 9.76. The number of para-hydroxylation sites is 2. The number of benzene rings is 6. The van der Waals surface area contributed by atoms with Crippen LogP contribution in [0, 0.1) is 0 Å². The van der Waals surface area contributed by atoms with Crippen molar-refractivity contribution < 1.29 is 0 Å². The Hall–Kier alpha value is -5.84. The summed E-state index contributed by atoms with van der Waals surface area (Å²) < 4.78 is 3.60. The molecule has 0 radical (unpaired) electrons. The summed E-state index contributed by atoms with van der Waals surface area (Å²) in [5.41, 5.74) is 12.3. The minimum absolute atomic E-state index is 0.947. The lowest BCUT2D eigenvalue weighted by Gasteiger charge is -2.14. The van der Waals surface area contributed by atoms with E-state index in [0.29, 0.717) is 0 Å². The van der Waals surface area contributed by atoms with Crippen molar-refractivity contribution in [2.75, 3.05) is 0 Å². The number of pyridine rings is 1. The Balaban J connectivity index is 1.26. The lowest BCUT2D eigenvalue weighted by molar-refractivity contribution is 1.18. The minimum atomic E-state index is 0.947. The molecular weight excluding hydrogens is 579 g/mol. The maximum atomic E-state index is 4.98. The van der Waals surface area contributed by atoms with E-state index < -0.39 is 0 Å². The van der Waals surface area contributed by atoms with Gasteiger partial charge in [-0.05, 0) is 76.9 Å². The van der Waals surface area contributed by atoms with E-state index in [1.165, 1.54) is 32.1 Å². The van der Waals surface area contributed by atoms with E-state index in [2.05, 4.69) is 144 Å². The molecule has 0 saturated heterocycles. The lowest BCUT2D eigenvalue weighted by Crippen LogP contribution is -1.96. The van der Waals surface area contributed by atoms with Crippen LogP contribution in [-0.4, -0.2) is 14.5 Å². The van der Waals surface area contributed by atoms with Gasteiger partial charge in [0.15, 0.2) is 0 Å². The molecule has 3 heterocycles. The van der Waals surface area contributed by atoms with E-state index in [1.54, 1.807) is 11.3 Å². The Morgan fingerprint density at radius 2 is 1.13 bits per heavy atom. The van der Waals surface area contributed by atoms with Gasteiger partial charge in [-0.3, -0.25) is 4.98 Å². The average molecular weight is 606 g/mol. The Bertz CT molecular complexity index is 2480. The van der Waals surface area contributed by atoms with Crippen LogP contribution in [0.1, 0.15) is 0 Å². The van der Waals surface area contributed by atoms with Crippen molar-refractivity contribution in [1.82, 2.24) is 14.5 Å². The molecular formula is C42H27N3S. The average Bonchev–Trinajstić information content (AvgIpc) is 3.72. The van der Waals surface area contributed by atoms with E-state index in [-0.39, 0.29) is 0 Å². The highest BCUT2D eigenvalue weighted by Crippen LogP contribution is 2.39. The predicted molar refractivity (Wildman–Crippen MR) is 193 cm³/mol. The first-order valence-electron chi connectivity index (χ1n) is 15.4. The lowest BCUT2D eigenvalue weighted by atomic mass is 9.97. The van der Waals surface area contributed by atoms with Gasteiger partial charge in [-0.25, -0.2) is 4.98 Å². The second-order valence-corrected chi connectivity index (χ2v) is 12.5. The SMILES string of the molecule is c1ccc(-c2ccc(-c3cc(-c4ccccn4)cc(-n4c5ccccc5c5ccc(-c6nc7ccccc7s6)cc54)c3)cc2)cc1. The zero-order valence-corrected chi connectivity index (χ0v) is 25.7. The van der Waals surface area contributed by atoms with Gasteiger partial charge in [0.25, 0.3) is 0 Å². The fourth-order valence-corrected chi connectivity index (χ4v) is 7.41. The van der Waals surface area contributed by atoms with Crippen LogP contribution in [0.3, 0.4) is 0 Å². The third-order valence-electron chi connectivity index (χ3n) is 8.68. The summed E-state index contributed by atoms with van der Waals surface area (Å²) in [5, 5.41) is 3.48. The van der Waals surface area contributed by atoms with E-state index >= 15 is 0 Å². The smallest absolute Gasteiger partial charge is 0.124 e. The summed E-state index contributed by atoms with van der Waals surface area (Å²) in [6.45, 7) is 0. The molecule has 0 aliphatic rings. The van der Waals surface area contributed by atoms with Crippen LogP contribution in [0.2, 0.25) is 0 Å². The summed E-state index contributed by atoms with van der Waals surface area (Å²) >= 11 is 1.74. The molecule has 0 aliphatic heterocycles. The van der Waals surface area contributed by atoms with Crippen molar-refractivity contribution in [1.29, 1.82) is 0 Å². The van der Waals surface area contributed by atoms with Crippen molar-refractivity contribution >= 4 is 43.4 Å². The van der Waals surface area contributed by atoms with Gasteiger partial charge in [0.1, 0.15) is 5.01 Å². The molecule has 0 aliphatic carbocycles. The van der Waals surface area contributed by atoms with Crippen molar-refractivity contribution in [3.05, 3.63) is 164 Å². The monoisotopic (exact) mass is 605 g/mol. The van der Waals surface area contributed by atoms with Crippen molar-refractivity contribution in [2.45, 2.75) is 0 Å². The molecule has 216 valence electrons. The van der Waals surface area contributed by atoms with Gasteiger partial charge in [-0.15, -0.1) is 11.3 Å². The Kier molecular flexibility index (Phi) is 6.32. The second kappa shape index (κ2) is 11.0. The molecule has 6 aromatic carbocycles. The normalized spacial score (nSPS) is 11.5. The zero-order chi connectivity index (χ0) is 30.5. The fourth-order valence-electron chi connectivity index (χ4n) is 6.45. The third kappa shape index (κ3) is 4.59. The zero-order valence-electron chi connectivity index (χ0n) is 24.8. The summed E-state index contributed by atoms with van der Waals surface area (Å²) in [6.07, 6.45) is 1.86. The quantitative estimate of drug-likeness (QED) is 0.195. The first-order valence-corrected chi connectivity index (χ1v) is 16.2. The van der Waals surface area contributed by atoms with E-state index in [9.17, 15) is 0 Å². The molecule has 0 saturated carbocycles. The molecule has 3 nitrogen and oxygen atoms in total. The van der Waals surface area contributed by atoms with E-state index in [1.807, 2.05) is 24.4 Å². The van der Waals surface area contributed by atoms with Crippen LogP contribution in [0.25, 0.3) is 81.8 Å². The second-order valence-electron chi connectivity index (χ2n) is 11.5. The molecule has 4 heteroatoms. The minimum Gasteiger partial charge on any atom is -0.309 e. The van der Waals surface area contributed by atoms with Gasteiger partial charge >= 0.3 is 0 Å². The van der Waals surface area contributed by atoms with Crippen LogP contribution in [0.5, 0.6) is 0 Å². The molecule has 0 fully saturated rings. The molecule has 0 amide bonds. The number of rotatable bonds is 5. The summed E-state index contributed by atoms with van der Waals surface area (Å²) in [6, 6.07) is 56.1. The molecule has 0 atom stereocenters. The number of aromatic nitrogens is 3. The van der Waals surface area contributed by atoms with Gasteiger partial charge in [-0.1, -0.05) is 103 Å². The maximum absolute atomic E-state index is 4.98. The van der Waals surface area contributed by atoms with Crippen LogP contribution >= 0.6 is 11.3 Å². The van der Waals surface area contributed by atoms with Crippen LogP contribution < -0.4 is 0 Å². The molecule has 0 bridgehead atoms. The maximum Gasteiger partial charge on any atom is 0.124 e. The molecule has 46 heavy (non-hydrogen) atoms. The molecule has 0 N–H and O–H groups in total. The molecule has 0 unspecified atom stereocenters. The summed E-state index contributed by atoms with van der Waals surface area (Å²) in [4.78, 5) is 9.73. The van der Waals surface area contributed by atoms with Crippen molar-refractivity contribution in [3.63, 3.8) is 0 Å². The number of hydrogen-bond donors (Lipinski definition) is 0. The largest absolute Gasteiger partial charge is 0.309 e. The molecule has 9 rings (SSSR count). The summed E-state index contributed by atoms with van der Waals surface area (Å²) in [7, 11) is 0. The Labute approximate surface area is 270 Å². The fraction of sp³-hybridized carbons (Fsp3) is 0. The number of fused-ring (bicyclic) bond motifs is 4. The van der Waals surface area contributed by atoms with Gasteiger partial charge in [0, 0.05) is 33.8 Å². The van der Waals surface area contributed by atoms with Gasteiger partial charge in [0.2, 0.25) is 0 Å². The number of nitrogens with zero attached hydrogens (tertiary/aromatic N) is 3. The standard InChI is InChI=1S/C42H27N3S/c1-2-10-28(11-3-1)29-17-19-30(20-18-29)32-24-33(37-13-8-9-23-43-37)26-34(25-32)45-39-15-6-4-12-35(39)36-22-21-31(27-40(36)45)42-44-38-14-5-7-16-41(38)46-42/h1-27H. The van der Waals surface area contributed by atoms with Gasteiger partial charge < -0.3 is 4.57 Å². The van der Waals surface area contributed by atoms with Gasteiger partial charge in [-0.2, -0.15) is 0 Å². The molecule has 3 aromatic heterocycles.